The molecular formula is C19H20N6O2. The topological polar surface area (TPSA) is 115 Å². The van der Waals surface area contributed by atoms with Gasteiger partial charge in [0.05, 0.1) is 24.7 Å². The minimum absolute atomic E-state index is 0.213. The highest BCUT2D eigenvalue weighted by atomic mass is 16.5. The van der Waals surface area contributed by atoms with Crippen molar-refractivity contribution in [3.05, 3.63) is 66.2 Å². The number of nitrogen functional groups attached to an aromatic ring is 1. The SMILES string of the molecule is CCOc1cnc(C(=O)Nc2cccc(CNc3cccnc3N)c2)cn1. The highest BCUT2D eigenvalue weighted by Crippen LogP contribution is 2.17. The minimum Gasteiger partial charge on any atom is -0.477 e. The molecular weight excluding hydrogens is 344 g/mol. The number of hydrogen-bond acceptors (Lipinski definition) is 7. The largest absolute Gasteiger partial charge is 0.477 e. The Labute approximate surface area is 156 Å². The number of nitrogens with one attached hydrogen (secondary N) is 2. The predicted molar refractivity (Wildman–Crippen MR) is 104 cm³/mol. The quantitative estimate of drug-likeness (QED) is 0.590. The van der Waals surface area contributed by atoms with Crippen molar-refractivity contribution in [2.75, 3.05) is 23.0 Å². The standard InChI is InChI=1S/C19H20N6O2/c1-2-27-17-12-23-16(11-24-17)19(26)25-14-6-3-5-13(9-14)10-22-15-7-4-8-21-18(15)20/h3-9,11-12,22H,2,10H2,1H3,(H2,20,21)(H,25,26). The van der Waals surface area contributed by atoms with E-state index in [0.29, 0.717) is 30.5 Å². The molecule has 0 bridgehead atoms. The van der Waals surface area contributed by atoms with Crippen molar-refractivity contribution in [3.63, 3.8) is 0 Å². The van der Waals surface area contributed by atoms with Gasteiger partial charge in [0, 0.05) is 18.4 Å². The summed E-state index contributed by atoms with van der Waals surface area (Å²) in [5.41, 5.74) is 8.44. The van der Waals surface area contributed by atoms with Crippen LogP contribution in [0.15, 0.2) is 55.0 Å². The highest BCUT2D eigenvalue weighted by molar-refractivity contribution is 6.02. The van der Waals surface area contributed by atoms with Gasteiger partial charge in [-0.15, -0.1) is 0 Å². The highest BCUT2D eigenvalue weighted by Gasteiger charge is 2.09. The summed E-state index contributed by atoms with van der Waals surface area (Å²) in [6.45, 7) is 2.89. The van der Waals surface area contributed by atoms with Gasteiger partial charge in [0.25, 0.3) is 5.91 Å². The van der Waals surface area contributed by atoms with E-state index < -0.39 is 0 Å². The lowest BCUT2D eigenvalue weighted by molar-refractivity contribution is 0.102. The molecule has 8 heteroatoms. The van der Waals surface area contributed by atoms with Crippen LogP contribution in [0.2, 0.25) is 0 Å². The molecule has 0 radical (unpaired) electrons. The van der Waals surface area contributed by atoms with Crippen LogP contribution in [0, 0.1) is 0 Å². The molecule has 0 aliphatic rings. The van der Waals surface area contributed by atoms with Crippen molar-refractivity contribution in [3.8, 4) is 5.88 Å². The smallest absolute Gasteiger partial charge is 0.275 e. The zero-order valence-corrected chi connectivity index (χ0v) is 14.8. The Morgan fingerprint density at radius 3 is 2.78 bits per heavy atom. The number of aromatic nitrogens is 3. The summed E-state index contributed by atoms with van der Waals surface area (Å²) in [4.78, 5) is 24.5. The van der Waals surface area contributed by atoms with E-state index in [9.17, 15) is 4.79 Å². The Bertz CT molecular complexity index is 914. The molecule has 0 aliphatic heterocycles. The molecule has 0 saturated carbocycles. The molecule has 27 heavy (non-hydrogen) atoms. The maximum Gasteiger partial charge on any atom is 0.275 e. The van der Waals surface area contributed by atoms with Gasteiger partial charge in [-0.05, 0) is 36.8 Å². The van der Waals surface area contributed by atoms with Gasteiger partial charge in [-0.1, -0.05) is 12.1 Å². The van der Waals surface area contributed by atoms with Gasteiger partial charge in [-0.3, -0.25) is 4.79 Å². The molecule has 4 N–H and O–H groups in total. The number of amides is 1. The number of ether oxygens (including phenoxy) is 1. The monoisotopic (exact) mass is 364 g/mol. The molecule has 1 aromatic carbocycles. The lowest BCUT2D eigenvalue weighted by Gasteiger charge is -2.10. The zero-order valence-electron chi connectivity index (χ0n) is 14.8. The fourth-order valence-electron chi connectivity index (χ4n) is 2.37. The van der Waals surface area contributed by atoms with Crippen molar-refractivity contribution < 1.29 is 9.53 Å². The molecule has 0 fully saturated rings. The minimum atomic E-state index is -0.341. The Balaban J connectivity index is 1.63. The molecule has 0 saturated heterocycles. The van der Waals surface area contributed by atoms with Crippen LogP contribution >= 0.6 is 0 Å². The Kier molecular flexibility index (Phi) is 5.78. The fourth-order valence-corrected chi connectivity index (χ4v) is 2.37. The van der Waals surface area contributed by atoms with Gasteiger partial charge in [-0.2, -0.15) is 0 Å². The van der Waals surface area contributed by atoms with Crippen LogP contribution in [-0.2, 0) is 6.54 Å². The summed E-state index contributed by atoms with van der Waals surface area (Å²) in [6.07, 6.45) is 4.45. The third kappa shape index (κ3) is 4.91. The van der Waals surface area contributed by atoms with Crippen LogP contribution in [0.1, 0.15) is 23.0 Å². The van der Waals surface area contributed by atoms with E-state index in [4.69, 9.17) is 10.5 Å². The first-order valence-electron chi connectivity index (χ1n) is 8.45. The number of benzene rings is 1. The molecule has 8 nitrogen and oxygen atoms in total. The molecule has 0 atom stereocenters. The summed E-state index contributed by atoms with van der Waals surface area (Å²) < 4.78 is 5.22. The number of carbonyl (C=O) groups is 1. The lowest BCUT2D eigenvalue weighted by atomic mass is 10.2. The van der Waals surface area contributed by atoms with Crippen molar-refractivity contribution in [2.24, 2.45) is 0 Å². The normalized spacial score (nSPS) is 10.3. The van der Waals surface area contributed by atoms with Gasteiger partial charge in [-0.25, -0.2) is 15.0 Å². The summed E-state index contributed by atoms with van der Waals surface area (Å²) in [5.74, 6) is 0.486. The maximum absolute atomic E-state index is 12.3. The lowest BCUT2D eigenvalue weighted by Crippen LogP contribution is -2.14. The number of rotatable bonds is 7. The number of anilines is 3. The fraction of sp³-hybridized carbons (Fsp3) is 0.158. The first-order valence-corrected chi connectivity index (χ1v) is 8.45. The van der Waals surface area contributed by atoms with E-state index in [1.807, 2.05) is 43.3 Å². The van der Waals surface area contributed by atoms with Gasteiger partial charge < -0.3 is 21.1 Å². The van der Waals surface area contributed by atoms with Gasteiger partial charge in [0.2, 0.25) is 5.88 Å². The zero-order chi connectivity index (χ0) is 19.1. The molecule has 2 aromatic heterocycles. The average molecular weight is 364 g/mol. The number of nitrogens with zero attached hydrogens (tertiary/aromatic N) is 3. The first kappa shape index (κ1) is 18.1. The molecule has 0 unspecified atom stereocenters. The number of carbonyl (C=O) groups excluding carboxylic acids is 1. The van der Waals surface area contributed by atoms with E-state index in [1.165, 1.54) is 12.4 Å². The van der Waals surface area contributed by atoms with Gasteiger partial charge >= 0.3 is 0 Å². The molecule has 138 valence electrons. The van der Waals surface area contributed by atoms with Crippen LogP contribution in [0.5, 0.6) is 5.88 Å². The maximum atomic E-state index is 12.3. The molecule has 3 rings (SSSR count). The second-order valence-corrected chi connectivity index (χ2v) is 5.62. The second kappa shape index (κ2) is 8.61. The van der Waals surface area contributed by atoms with Crippen LogP contribution in [-0.4, -0.2) is 27.5 Å². The van der Waals surface area contributed by atoms with Crippen LogP contribution in [0.25, 0.3) is 0 Å². The third-order valence-electron chi connectivity index (χ3n) is 3.66. The molecule has 0 spiro atoms. The van der Waals surface area contributed by atoms with E-state index in [1.54, 1.807) is 6.20 Å². The molecule has 2 heterocycles. The Morgan fingerprint density at radius 1 is 1.15 bits per heavy atom. The van der Waals surface area contributed by atoms with Crippen LogP contribution in [0.4, 0.5) is 17.2 Å². The van der Waals surface area contributed by atoms with E-state index in [0.717, 1.165) is 11.3 Å². The summed E-state index contributed by atoms with van der Waals surface area (Å²) in [6, 6.07) is 11.2. The average Bonchev–Trinajstić information content (AvgIpc) is 2.68. The molecule has 0 aliphatic carbocycles. The van der Waals surface area contributed by atoms with Crippen LogP contribution in [0.3, 0.4) is 0 Å². The third-order valence-corrected chi connectivity index (χ3v) is 3.66. The summed E-state index contributed by atoms with van der Waals surface area (Å²) in [5, 5.41) is 6.04. The molecule has 1 amide bonds. The molecule has 3 aromatic rings. The number of nitrogens with two attached hydrogens (primary N) is 1. The van der Waals surface area contributed by atoms with E-state index in [2.05, 4.69) is 25.6 Å². The van der Waals surface area contributed by atoms with Crippen molar-refractivity contribution >= 4 is 23.1 Å². The predicted octanol–water partition coefficient (Wildman–Crippen LogP) is 2.72. The van der Waals surface area contributed by atoms with Gasteiger partial charge in [0.15, 0.2) is 0 Å². The van der Waals surface area contributed by atoms with Crippen LogP contribution < -0.4 is 21.1 Å². The summed E-state index contributed by atoms with van der Waals surface area (Å²) >= 11 is 0. The number of hydrogen-bond donors (Lipinski definition) is 3. The van der Waals surface area contributed by atoms with Crippen molar-refractivity contribution in [1.29, 1.82) is 0 Å². The number of pyridine rings is 1. The van der Waals surface area contributed by atoms with E-state index in [-0.39, 0.29) is 11.6 Å². The van der Waals surface area contributed by atoms with Crippen molar-refractivity contribution in [2.45, 2.75) is 13.5 Å². The Hall–Kier alpha value is -3.68. The second-order valence-electron chi connectivity index (χ2n) is 5.62. The van der Waals surface area contributed by atoms with E-state index >= 15 is 0 Å². The Morgan fingerprint density at radius 2 is 2.04 bits per heavy atom. The summed E-state index contributed by atoms with van der Waals surface area (Å²) in [7, 11) is 0. The van der Waals surface area contributed by atoms with Crippen molar-refractivity contribution in [1.82, 2.24) is 15.0 Å². The first-order chi connectivity index (χ1) is 13.2. The van der Waals surface area contributed by atoms with Gasteiger partial charge in [0.1, 0.15) is 11.5 Å².